The lowest BCUT2D eigenvalue weighted by atomic mass is 10.2. The van der Waals surface area contributed by atoms with Crippen LogP contribution in [0.4, 0.5) is 11.6 Å². The van der Waals surface area contributed by atoms with Gasteiger partial charge < -0.3 is 14.7 Å². The van der Waals surface area contributed by atoms with Gasteiger partial charge in [-0.15, -0.1) is 10.2 Å². The third-order valence-corrected chi connectivity index (χ3v) is 4.29. The maximum Gasteiger partial charge on any atom is 0.247 e. The van der Waals surface area contributed by atoms with Crippen molar-refractivity contribution in [1.29, 1.82) is 0 Å². The molecule has 0 N–H and O–H groups in total. The minimum atomic E-state index is -0.272. The zero-order chi connectivity index (χ0) is 17.1. The molecule has 1 atom stereocenters. The first-order valence-corrected chi connectivity index (χ1v) is 8.10. The molecule has 0 radical (unpaired) electrons. The van der Waals surface area contributed by atoms with Gasteiger partial charge in [-0.2, -0.15) is 5.10 Å². The van der Waals surface area contributed by atoms with Crippen LogP contribution in [0.25, 0.3) is 0 Å². The van der Waals surface area contributed by atoms with Crippen molar-refractivity contribution in [1.82, 2.24) is 24.9 Å². The van der Waals surface area contributed by atoms with Crippen molar-refractivity contribution >= 4 is 17.5 Å². The van der Waals surface area contributed by atoms with Gasteiger partial charge in [0.05, 0.1) is 0 Å². The zero-order valence-corrected chi connectivity index (χ0v) is 14.3. The van der Waals surface area contributed by atoms with Gasteiger partial charge in [-0.3, -0.25) is 9.48 Å². The van der Waals surface area contributed by atoms with Crippen LogP contribution in [-0.2, 0) is 4.79 Å². The van der Waals surface area contributed by atoms with E-state index in [1.807, 2.05) is 55.2 Å². The Morgan fingerprint density at radius 2 is 1.92 bits per heavy atom. The van der Waals surface area contributed by atoms with Crippen molar-refractivity contribution in [3.63, 3.8) is 0 Å². The predicted molar refractivity (Wildman–Crippen MR) is 92.1 cm³/mol. The second kappa shape index (κ2) is 6.86. The summed E-state index contributed by atoms with van der Waals surface area (Å²) in [6, 6.07) is 5.49. The number of anilines is 2. The van der Waals surface area contributed by atoms with Gasteiger partial charge in [-0.25, -0.2) is 0 Å². The Labute approximate surface area is 141 Å². The van der Waals surface area contributed by atoms with E-state index < -0.39 is 0 Å². The Bertz CT molecular complexity index is 660. The molecule has 1 amide bonds. The monoisotopic (exact) mass is 329 g/mol. The van der Waals surface area contributed by atoms with E-state index in [2.05, 4.69) is 20.2 Å². The van der Waals surface area contributed by atoms with Gasteiger partial charge in [-0.05, 0) is 25.1 Å². The number of carbonyl (C=O) groups excluding carboxylic acids is 1. The molecule has 3 heterocycles. The van der Waals surface area contributed by atoms with Gasteiger partial charge in [0.15, 0.2) is 11.6 Å². The molecule has 8 heteroatoms. The average Bonchev–Trinajstić information content (AvgIpc) is 3.15. The van der Waals surface area contributed by atoms with Gasteiger partial charge in [0.25, 0.3) is 0 Å². The van der Waals surface area contributed by atoms with Crippen molar-refractivity contribution in [2.45, 2.75) is 13.0 Å². The standard InChI is InChI=1S/C16H23N7O/c1-13(23-8-4-7-17-23)16(24)22-11-9-21(10-12-22)15-6-5-14(18-19-15)20(2)3/h4-8,13H,9-12H2,1-3H3. The smallest absolute Gasteiger partial charge is 0.247 e. The molecule has 0 spiro atoms. The summed E-state index contributed by atoms with van der Waals surface area (Å²) in [4.78, 5) is 18.5. The number of hydrogen-bond donors (Lipinski definition) is 0. The Kier molecular flexibility index (Phi) is 4.64. The first-order chi connectivity index (χ1) is 11.6. The number of carbonyl (C=O) groups is 1. The first-order valence-electron chi connectivity index (χ1n) is 8.10. The summed E-state index contributed by atoms with van der Waals surface area (Å²) in [6.45, 7) is 4.76. The molecular weight excluding hydrogens is 306 g/mol. The molecule has 0 aromatic carbocycles. The fraction of sp³-hybridized carbons (Fsp3) is 0.500. The number of hydrogen-bond acceptors (Lipinski definition) is 6. The predicted octanol–water partition coefficient (Wildman–Crippen LogP) is 0.649. The van der Waals surface area contributed by atoms with Gasteiger partial charge in [0.1, 0.15) is 6.04 Å². The van der Waals surface area contributed by atoms with Gasteiger partial charge in [0.2, 0.25) is 5.91 Å². The highest BCUT2D eigenvalue weighted by Crippen LogP contribution is 2.17. The van der Waals surface area contributed by atoms with E-state index in [-0.39, 0.29) is 11.9 Å². The minimum Gasteiger partial charge on any atom is -0.361 e. The summed E-state index contributed by atoms with van der Waals surface area (Å²) in [6.07, 6.45) is 3.51. The average molecular weight is 329 g/mol. The Hall–Kier alpha value is -2.64. The van der Waals surface area contributed by atoms with Gasteiger partial charge >= 0.3 is 0 Å². The lowest BCUT2D eigenvalue weighted by Crippen LogP contribution is -2.50. The first kappa shape index (κ1) is 16.2. The molecule has 0 bridgehead atoms. The van der Waals surface area contributed by atoms with Crippen LogP contribution in [0.15, 0.2) is 30.6 Å². The molecule has 128 valence electrons. The normalized spacial score (nSPS) is 16.1. The van der Waals surface area contributed by atoms with E-state index >= 15 is 0 Å². The molecule has 8 nitrogen and oxygen atoms in total. The molecule has 1 fully saturated rings. The van der Waals surface area contributed by atoms with Gasteiger partial charge in [-0.1, -0.05) is 0 Å². The second-order valence-electron chi connectivity index (χ2n) is 6.12. The Morgan fingerprint density at radius 3 is 2.46 bits per heavy atom. The van der Waals surface area contributed by atoms with Crippen LogP contribution in [0.2, 0.25) is 0 Å². The molecular formula is C16H23N7O. The van der Waals surface area contributed by atoms with Crippen molar-refractivity contribution in [2.24, 2.45) is 0 Å². The number of amides is 1. The van der Waals surface area contributed by atoms with Crippen LogP contribution in [0.1, 0.15) is 13.0 Å². The summed E-state index contributed by atoms with van der Waals surface area (Å²) in [5.41, 5.74) is 0. The molecule has 1 saturated heterocycles. The zero-order valence-electron chi connectivity index (χ0n) is 14.3. The molecule has 3 rings (SSSR count). The number of nitrogens with zero attached hydrogens (tertiary/aromatic N) is 7. The van der Waals surface area contributed by atoms with Crippen molar-refractivity contribution in [3.05, 3.63) is 30.6 Å². The largest absolute Gasteiger partial charge is 0.361 e. The lowest BCUT2D eigenvalue weighted by Gasteiger charge is -2.36. The molecule has 1 aliphatic heterocycles. The summed E-state index contributed by atoms with van der Waals surface area (Å²) in [7, 11) is 3.88. The van der Waals surface area contributed by atoms with E-state index in [4.69, 9.17) is 0 Å². The topological polar surface area (TPSA) is 70.4 Å². The summed E-state index contributed by atoms with van der Waals surface area (Å²) in [5, 5.41) is 12.7. The van der Waals surface area contributed by atoms with Crippen LogP contribution < -0.4 is 9.80 Å². The van der Waals surface area contributed by atoms with Crippen molar-refractivity contribution in [3.8, 4) is 0 Å². The van der Waals surface area contributed by atoms with Gasteiger partial charge in [0, 0.05) is 52.7 Å². The minimum absolute atomic E-state index is 0.104. The molecule has 1 aliphatic rings. The molecule has 2 aromatic heterocycles. The molecule has 24 heavy (non-hydrogen) atoms. The summed E-state index contributed by atoms with van der Waals surface area (Å²) < 4.78 is 1.69. The third kappa shape index (κ3) is 3.32. The quantitative estimate of drug-likeness (QED) is 0.820. The van der Waals surface area contributed by atoms with Crippen LogP contribution in [-0.4, -0.2) is 71.1 Å². The van der Waals surface area contributed by atoms with Crippen LogP contribution in [0.3, 0.4) is 0 Å². The number of rotatable bonds is 4. The molecule has 0 saturated carbocycles. The Balaban J connectivity index is 1.58. The summed E-state index contributed by atoms with van der Waals surface area (Å²) >= 11 is 0. The van der Waals surface area contributed by atoms with Crippen LogP contribution >= 0.6 is 0 Å². The highest BCUT2D eigenvalue weighted by Gasteiger charge is 2.26. The second-order valence-corrected chi connectivity index (χ2v) is 6.12. The summed E-state index contributed by atoms with van der Waals surface area (Å²) in [5.74, 6) is 1.79. The molecule has 1 unspecified atom stereocenters. The third-order valence-electron chi connectivity index (χ3n) is 4.29. The van der Waals surface area contributed by atoms with E-state index in [0.717, 1.165) is 24.7 Å². The van der Waals surface area contributed by atoms with E-state index in [1.165, 1.54) is 0 Å². The number of aromatic nitrogens is 4. The fourth-order valence-corrected chi connectivity index (χ4v) is 2.77. The molecule has 2 aromatic rings. The maximum absolute atomic E-state index is 12.6. The number of piperazine rings is 1. The highest BCUT2D eigenvalue weighted by atomic mass is 16.2. The van der Waals surface area contributed by atoms with Crippen LogP contribution in [0, 0.1) is 0 Å². The maximum atomic E-state index is 12.6. The highest BCUT2D eigenvalue weighted by molar-refractivity contribution is 5.80. The molecule has 0 aliphatic carbocycles. The Morgan fingerprint density at radius 1 is 1.17 bits per heavy atom. The van der Waals surface area contributed by atoms with Crippen molar-refractivity contribution < 1.29 is 4.79 Å². The SMILES string of the molecule is CC(C(=O)N1CCN(c2ccc(N(C)C)nn2)CC1)n1cccn1. The van der Waals surface area contributed by atoms with Crippen molar-refractivity contribution in [2.75, 3.05) is 50.1 Å². The van der Waals surface area contributed by atoms with E-state index in [0.29, 0.717) is 13.1 Å². The van der Waals surface area contributed by atoms with Crippen LogP contribution in [0.5, 0.6) is 0 Å². The van der Waals surface area contributed by atoms with E-state index in [1.54, 1.807) is 10.9 Å². The fourth-order valence-electron chi connectivity index (χ4n) is 2.77. The van der Waals surface area contributed by atoms with E-state index in [9.17, 15) is 4.79 Å². The lowest BCUT2D eigenvalue weighted by molar-refractivity contribution is -0.134.